The fraction of sp³-hybridized carbons (Fsp3) is 0.933. The molecule has 1 unspecified atom stereocenters. The standard InChI is InChI=1S/C15H29NO3/c1-15(16,14(17)18-2)11-7-8-12-19-13-9-5-3-4-6-10-13/h13H,3-12,16H2,1-2H3. The molecule has 0 heterocycles. The Labute approximate surface area is 117 Å². The van der Waals surface area contributed by atoms with Crippen LogP contribution in [0.2, 0.25) is 0 Å². The molecule has 0 spiro atoms. The molecule has 0 aromatic heterocycles. The first-order chi connectivity index (χ1) is 9.06. The second kappa shape index (κ2) is 8.54. The van der Waals surface area contributed by atoms with Crippen LogP contribution < -0.4 is 5.73 Å². The van der Waals surface area contributed by atoms with Crippen molar-refractivity contribution in [1.29, 1.82) is 0 Å². The van der Waals surface area contributed by atoms with Crippen LogP contribution in [0.1, 0.15) is 64.7 Å². The average Bonchev–Trinajstić information content (AvgIpc) is 2.66. The van der Waals surface area contributed by atoms with Gasteiger partial charge in [-0.15, -0.1) is 0 Å². The van der Waals surface area contributed by atoms with E-state index in [-0.39, 0.29) is 5.97 Å². The summed E-state index contributed by atoms with van der Waals surface area (Å²) in [5, 5.41) is 0. The first-order valence-electron chi connectivity index (χ1n) is 7.55. The van der Waals surface area contributed by atoms with Crippen LogP contribution in [0.25, 0.3) is 0 Å². The molecule has 19 heavy (non-hydrogen) atoms. The van der Waals surface area contributed by atoms with E-state index in [1.807, 2.05) is 0 Å². The fourth-order valence-electron chi connectivity index (χ4n) is 2.59. The molecule has 0 bridgehead atoms. The topological polar surface area (TPSA) is 61.5 Å². The predicted octanol–water partition coefficient (Wildman–Crippen LogP) is 2.79. The molecule has 4 nitrogen and oxygen atoms in total. The highest BCUT2D eigenvalue weighted by Crippen LogP contribution is 2.20. The number of rotatable bonds is 7. The Morgan fingerprint density at radius 2 is 1.84 bits per heavy atom. The van der Waals surface area contributed by atoms with Crippen molar-refractivity contribution < 1.29 is 14.3 Å². The minimum atomic E-state index is -0.864. The van der Waals surface area contributed by atoms with Crippen LogP contribution in [-0.2, 0) is 14.3 Å². The number of esters is 1. The minimum absolute atomic E-state index is 0.336. The van der Waals surface area contributed by atoms with Crippen LogP contribution in [0, 0.1) is 0 Å². The van der Waals surface area contributed by atoms with Gasteiger partial charge in [-0.25, -0.2) is 0 Å². The molecule has 0 amide bonds. The maximum Gasteiger partial charge on any atom is 0.325 e. The van der Waals surface area contributed by atoms with Gasteiger partial charge in [-0.2, -0.15) is 0 Å². The lowest BCUT2D eigenvalue weighted by Gasteiger charge is -2.21. The normalized spacial score (nSPS) is 20.6. The monoisotopic (exact) mass is 271 g/mol. The van der Waals surface area contributed by atoms with Gasteiger partial charge in [-0.05, 0) is 39.0 Å². The summed E-state index contributed by atoms with van der Waals surface area (Å²) in [5.74, 6) is -0.336. The lowest BCUT2D eigenvalue weighted by Crippen LogP contribution is -2.45. The van der Waals surface area contributed by atoms with Crippen LogP contribution in [0.3, 0.4) is 0 Å². The summed E-state index contributed by atoms with van der Waals surface area (Å²) in [6.45, 7) is 2.51. The maximum atomic E-state index is 11.4. The SMILES string of the molecule is COC(=O)C(C)(N)CCCCOC1CCCCCC1. The Morgan fingerprint density at radius 1 is 1.21 bits per heavy atom. The number of methoxy groups -OCH3 is 1. The van der Waals surface area contributed by atoms with Gasteiger partial charge in [0.1, 0.15) is 5.54 Å². The quantitative estimate of drug-likeness (QED) is 0.439. The molecule has 1 fully saturated rings. The molecule has 1 rings (SSSR count). The Bertz CT molecular complexity index is 258. The highest BCUT2D eigenvalue weighted by Gasteiger charge is 2.28. The lowest BCUT2D eigenvalue weighted by atomic mass is 9.96. The van der Waals surface area contributed by atoms with Gasteiger partial charge in [0.2, 0.25) is 0 Å². The molecule has 1 atom stereocenters. The Morgan fingerprint density at radius 3 is 2.42 bits per heavy atom. The van der Waals surface area contributed by atoms with Crippen LogP contribution in [-0.4, -0.2) is 31.3 Å². The van der Waals surface area contributed by atoms with E-state index in [2.05, 4.69) is 4.74 Å². The number of nitrogens with two attached hydrogens (primary N) is 1. The molecule has 0 radical (unpaired) electrons. The van der Waals surface area contributed by atoms with E-state index < -0.39 is 5.54 Å². The zero-order valence-corrected chi connectivity index (χ0v) is 12.5. The maximum absolute atomic E-state index is 11.4. The third-order valence-electron chi connectivity index (χ3n) is 3.90. The third-order valence-corrected chi connectivity index (χ3v) is 3.90. The van der Waals surface area contributed by atoms with Crippen molar-refractivity contribution >= 4 is 5.97 Å². The summed E-state index contributed by atoms with van der Waals surface area (Å²) in [6, 6.07) is 0. The van der Waals surface area contributed by atoms with E-state index in [4.69, 9.17) is 10.5 Å². The van der Waals surface area contributed by atoms with E-state index in [0.29, 0.717) is 12.5 Å². The van der Waals surface area contributed by atoms with Crippen molar-refractivity contribution in [3.8, 4) is 0 Å². The Kier molecular flexibility index (Phi) is 7.39. The van der Waals surface area contributed by atoms with Gasteiger partial charge in [0.25, 0.3) is 0 Å². The van der Waals surface area contributed by atoms with Crippen LogP contribution in [0.15, 0.2) is 0 Å². The van der Waals surface area contributed by atoms with Crippen LogP contribution in [0.4, 0.5) is 0 Å². The number of hydrogen-bond donors (Lipinski definition) is 1. The van der Waals surface area contributed by atoms with Gasteiger partial charge in [0, 0.05) is 6.61 Å². The summed E-state index contributed by atoms with van der Waals surface area (Å²) in [6.07, 6.45) is 10.7. The molecule has 0 aromatic carbocycles. The first kappa shape index (κ1) is 16.4. The summed E-state index contributed by atoms with van der Waals surface area (Å²) in [5.41, 5.74) is 5.04. The average molecular weight is 271 g/mol. The highest BCUT2D eigenvalue weighted by atomic mass is 16.5. The fourth-order valence-corrected chi connectivity index (χ4v) is 2.59. The molecule has 2 N–H and O–H groups in total. The molecule has 1 aliphatic rings. The first-order valence-corrected chi connectivity index (χ1v) is 7.55. The van der Waals surface area contributed by atoms with Crippen molar-refractivity contribution in [3.05, 3.63) is 0 Å². The highest BCUT2D eigenvalue weighted by molar-refractivity contribution is 5.79. The molecule has 4 heteroatoms. The van der Waals surface area contributed by atoms with Gasteiger partial charge in [0.05, 0.1) is 13.2 Å². The third kappa shape index (κ3) is 6.39. The number of hydrogen-bond acceptors (Lipinski definition) is 4. The molecule has 0 aliphatic heterocycles. The molecule has 1 aliphatic carbocycles. The smallest absolute Gasteiger partial charge is 0.325 e. The molecular weight excluding hydrogens is 242 g/mol. The van der Waals surface area contributed by atoms with E-state index in [9.17, 15) is 4.79 Å². The van der Waals surface area contributed by atoms with Gasteiger partial charge < -0.3 is 15.2 Å². The summed E-state index contributed by atoms with van der Waals surface area (Å²) in [4.78, 5) is 11.4. The summed E-state index contributed by atoms with van der Waals surface area (Å²) in [7, 11) is 1.38. The summed E-state index contributed by atoms with van der Waals surface area (Å²) < 4.78 is 10.6. The van der Waals surface area contributed by atoms with Crippen molar-refractivity contribution in [3.63, 3.8) is 0 Å². The number of carbonyl (C=O) groups excluding carboxylic acids is 1. The van der Waals surface area contributed by atoms with E-state index in [0.717, 1.165) is 19.4 Å². The Balaban J connectivity index is 2.08. The van der Waals surface area contributed by atoms with E-state index in [1.165, 1.54) is 45.6 Å². The van der Waals surface area contributed by atoms with Gasteiger partial charge in [0.15, 0.2) is 0 Å². The molecule has 0 saturated heterocycles. The van der Waals surface area contributed by atoms with E-state index in [1.54, 1.807) is 6.92 Å². The molecule has 0 aromatic rings. The van der Waals surface area contributed by atoms with Crippen molar-refractivity contribution in [2.45, 2.75) is 76.4 Å². The Hall–Kier alpha value is -0.610. The van der Waals surface area contributed by atoms with Gasteiger partial charge >= 0.3 is 5.97 Å². The van der Waals surface area contributed by atoms with Crippen LogP contribution in [0.5, 0.6) is 0 Å². The number of carbonyl (C=O) groups is 1. The zero-order valence-electron chi connectivity index (χ0n) is 12.5. The number of unbranched alkanes of at least 4 members (excludes halogenated alkanes) is 1. The molecule has 112 valence electrons. The van der Waals surface area contributed by atoms with E-state index >= 15 is 0 Å². The minimum Gasteiger partial charge on any atom is -0.468 e. The van der Waals surface area contributed by atoms with Gasteiger partial charge in [-0.3, -0.25) is 4.79 Å². The van der Waals surface area contributed by atoms with Crippen molar-refractivity contribution in [1.82, 2.24) is 0 Å². The van der Waals surface area contributed by atoms with Crippen molar-refractivity contribution in [2.75, 3.05) is 13.7 Å². The number of ether oxygens (including phenoxy) is 2. The largest absolute Gasteiger partial charge is 0.468 e. The molecule has 1 saturated carbocycles. The molecular formula is C15H29NO3. The summed E-state index contributed by atoms with van der Waals surface area (Å²) >= 11 is 0. The second-order valence-corrected chi connectivity index (χ2v) is 5.85. The predicted molar refractivity (Wildman–Crippen MR) is 75.9 cm³/mol. The zero-order chi connectivity index (χ0) is 14.1. The second-order valence-electron chi connectivity index (χ2n) is 5.85. The van der Waals surface area contributed by atoms with Gasteiger partial charge in [-0.1, -0.05) is 25.7 Å². The van der Waals surface area contributed by atoms with Crippen LogP contribution >= 0.6 is 0 Å². The lowest BCUT2D eigenvalue weighted by molar-refractivity contribution is -0.146. The van der Waals surface area contributed by atoms with Crippen molar-refractivity contribution in [2.24, 2.45) is 5.73 Å².